The zero-order valence-corrected chi connectivity index (χ0v) is 13.1. The van der Waals surface area contributed by atoms with Crippen molar-refractivity contribution in [1.82, 2.24) is 9.88 Å². The minimum Gasteiger partial charge on any atom is -0.383 e. The van der Waals surface area contributed by atoms with Gasteiger partial charge >= 0.3 is 0 Å². The van der Waals surface area contributed by atoms with Crippen molar-refractivity contribution >= 4 is 11.7 Å². The number of carbonyl (C=O) groups excluding carboxylic acids is 1. The van der Waals surface area contributed by atoms with Crippen molar-refractivity contribution in [3.8, 4) is 0 Å². The van der Waals surface area contributed by atoms with Crippen LogP contribution in [-0.4, -0.2) is 48.6 Å². The predicted octanol–water partition coefficient (Wildman–Crippen LogP) is 2.40. The topological polar surface area (TPSA) is 54.5 Å². The van der Waals surface area contributed by atoms with Gasteiger partial charge in [0.1, 0.15) is 11.5 Å². The number of anilines is 1. The molecule has 1 heterocycles. The molecule has 2 rings (SSSR count). The maximum atomic E-state index is 12.8. The van der Waals surface area contributed by atoms with Crippen LogP contribution in [0.5, 0.6) is 0 Å². The molecule has 1 aliphatic rings. The molecule has 116 valence electrons. The normalized spacial score (nSPS) is 15.6. The summed E-state index contributed by atoms with van der Waals surface area (Å²) in [5, 5.41) is 3.14. The van der Waals surface area contributed by atoms with Crippen molar-refractivity contribution in [1.29, 1.82) is 0 Å². The summed E-state index contributed by atoms with van der Waals surface area (Å²) in [5.74, 6) is 1.36. The van der Waals surface area contributed by atoms with Gasteiger partial charge in [0.25, 0.3) is 5.91 Å². The molecular weight excluding hydrogens is 266 g/mol. The fourth-order valence-corrected chi connectivity index (χ4v) is 2.49. The van der Waals surface area contributed by atoms with E-state index in [1.807, 2.05) is 24.0 Å². The van der Waals surface area contributed by atoms with E-state index in [1.165, 1.54) is 12.8 Å². The SMILES string of the molecule is CCNc1cccc(C(=O)N(CCOC)C(C)C2CC2)n1. The van der Waals surface area contributed by atoms with Crippen LogP contribution in [0.1, 0.15) is 37.2 Å². The van der Waals surface area contributed by atoms with E-state index in [-0.39, 0.29) is 11.9 Å². The van der Waals surface area contributed by atoms with E-state index in [4.69, 9.17) is 4.74 Å². The molecule has 0 bridgehead atoms. The van der Waals surface area contributed by atoms with Gasteiger partial charge in [-0.1, -0.05) is 6.07 Å². The molecule has 0 aliphatic heterocycles. The van der Waals surface area contributed by atoms with Crippen LogP contribution in [-0.2, 0) is 4.74 Å². The summed E-state index contributed by atoms with van der Waals surface area (Å²) in [6.07, 6.45) is 2.42. The Morgan fingerprint density at radius 2 is 2.29 bits per heavy atom. The predicted molar refractivity (Wildman–Crippen MR) is 83.5 cm³/mol. The second-order valence-electron chi connectivity index (χ2n) is 5.51. The molecule has 1 atom stereocenters. The summed E-state index contributed by atoms with van der Waals surface area (Å²) in [4.78, 5) is 19.1. The highest BCUT2D eigenvalue weighted by Crippen LogP contribution is 2.35. The van der Waals surface area contributed by atoms with Crippen LogP contribution in [0.2, 0.25) is 0 Å². The number of hydrogen-bond donors (Lipinski definition) is 1. The molecule has 1 aromatic rings. The third-order valence-corrected chi connectivity index (χ3v) is 3.92. The first-order valence-electron chi connectivity index (χ1n) is 7.68. The standard InChI is InChI=1S/C16H25N3O2/c1-4-17-15-7-5-6-14(18-15)16(20)19(10-11-21-3)12(2)13-8-9-13/h5-7,12-13H,4,8-11H2,1-3H3,(H,17,18). The largest absolute Gasteiger partial charge is 0.383 e. The number of aromatic nitrogens is 1. The first-order valence-corrected chi connectivity index (χ1v) is 7.68. The summed E-state index contributed by atoms with van der Waals surface area (Å²) < 4.78 is 5.14. The Hall–Kier alpha value is -1.62. The third-order valence-electron chi connectivity index (χ3n) is 3.92. The fraction of sp³-hybridized carbons (Fsp3) is 0.625. The van der Waals surface area contributed by atoms with Gasteiger partial charge in [-0.25, -0.2) is 4.98 Å². The van der Waals surface area contributed by atoms with Gasteiger partial charge in [-0.15, -0.1) is 0 Å². The van der Waals surface area contributed by atoms with Crippen molar-refractivity contribution < 1.29 is 9.53 Å². The van der Waals surface area contributed by atoms with E-state index >= 15 is 0 Å². The summed E-state index contributed by atoms with van der Waals surface area (Å²) in [7, 11) is 1.66. The Kier molecular flexibility index (Phi) is 5.56. The van der Waals surface area contributed by atoms with Crippen molar-refractivity contribution in [3.05, 3.63) is 23.9 Å². The van der Waals surface area contributed by atoms with Gasteiger partial charge in [-0.3, -0.25) is 4.79 Å². The fourth-order valence-electron chi connectivity index (χ4n) is 2.49. The minimum absolute atomic E-state index is 0.00815. The Morgan fingerprint density at radius 3 is 2.90 bits per heavy atom. The van der Waals surface area contributed by atoms with Crippen molar-refractivity contribution in [2.45, 2.75) is 32.7 Å². The second kappa shape index (κ2) is 7.41. The van der Waals surface area contributed by atoms with Crippen LogP contribution < -0.4 is 5.32 Å². The summed E-state index contributed by atoms with van der Waals surface area (Å²) >= 11 is 0. The minimum atomic E-state index is -0.00815. The molecular formula is C16H25N3O2. The quantitative estimate of drug-likeness (QED) is 0.799. The zero-order chi connectivity index (χ0) is 15.2. The lowest BCUT2D eigenvalue weighted by atomic mass is 10.1. The monoisotopic (exact) mass is 291 g/mol. The highest BCUT2D eigenvalue weighted by molar-refractivity contribution is 5.93. The van der Waals surface area contributed by atoms with E-state index in [0.717, 1.165) is 12.4 Å². The molecule has 1 amide bonds. The molecule has 0 radical (unpaired) electrons. The molecule has 1 N–H and O–H groups in total. The van der Waals surface area contributed by atoms with Gasteiger partial charge in [0, 0.05) is 26.2 Å². The van der Waals surface area contributed by atoms with Crippen LogP contribution in [0, 0.1) is 5.92 Å². The number of nitrogens with one attached hydrogen (secondary N) is 1. The highest BCUT2D eigenvalue weighted by Gasteiger charge is 2.34. The van der Waals surface area contributed by atoms with Crippen LogP contribution in [0.3, 0.4) is 0 Å². The molecule has 5 nitrogen and oxygen atoms in total. The molecule has 0 spiro atoms. The van der Waals surface area contributed by atoms with Crippen LogP contribution in [0.4, 0.5) is 5.82 Å². The van der Waals surface area contributed by atoms with Crippen LogP contribution >= 0.6 is 0 Å². The van der Waals surface area contributed by atoms with Crippen LogP contribution in [0.25, 0.3) is 0 Å². The average molecular weight is 291 g/mol. The maximum absolute atomic E-state index is 12.8. The Labute approximate surface area is 126 Å². The third kappa shape index (κ3) is 4.17. The maximum Gasteiger partial charge on any atom is 0.272 e. The number of carbonyl (C=O) groups is 1. The van der Waals surface area contributed by atoms with Gasteiger partial charge in [0.2, 0.25) is 0 Å². The van der Waals surface area contributed by atoms with E-state index in [9.17, 15) is 4.79 Å². The number of amides is 1. The van der Waals surface area contributed by atoms with E-state index in [2.05, 4.69) is 17.2 Å². The molecule has 0 aromatic carbocycles. The van der Waals surface area contributed by atoms with Crippen molar-refractivity contribution in [2.75, 3.05) is 32.1 Å². The lowest BCUT2D eigenvalue weighted by molar-refractivity contribution is 0.0589. The number of hydrogen-bond acceptors (Lipinski definition) is 4. The number of pyridine rings is 1. The first kappa shape index (κ1) is 15.8. The molecule has 5 heteroatoms. The molecule has 1 unspecified atom stereocenters. The van der Waals surface area contributed by atoms with Gasteiger partial charge in [0.15, 0.2) is 0 Å². The lowest BCUT2D eigenvalue weighted by Crippen LogP contribution is -2.42. The molecule has 1 saturated carbocycles. The molecule has 1 aliphatic carbocycles. The van der Waals surface area contributed by atoms with Gasteiger partial charge in [-0.05, 0) is 44.7 Å². The molecule has 1 aromatic heterocycles. The summed E-state index contributed by atoms with van der Waals surface area (Å²) in [5.41, 5.74) is 0.497. The van der Waals surface area contributed by atoms with E-state index in [0.29, 0.717) is 24.8 Å². The second-order valence-corrected chi connectivity index (χ2v) is 5.51. The lowest BCUT2D eigenvalue weighted by Gasteiger charge is -2.29. The highest BCUT2D eigenvalue weighted by atomic mass is 16.5. The Bertz CT molecular complexity index is 474. The van der Waals surface area contributed by atoms with E-state index < -0.39 is 0 Å². The van der Waals surface area contributed by atoms with Crippen molar-refractivity contribution in [2.24, 2.45) is 5.92 Å². The number of nitrogens with zero attached hydrogens (tertiary/aromatic N) is 2. The number of ether oxygens (including phenoxy) is 1. The molecule has 21 heavy (non-hydrogen) atoms. The molecule has 1 fully saturated rings. The van der Waals surface area contributed by atoms with Gasteiger partial charge < -0.3 is 15.0 Å². The number of methoxy groups -OCH3 is 1. The Balaban J connectivity index is 2.13. The van der Waals surface area contributed by atoms with E-state index in [1.54, 1.807) is 13.2 Å². The summed E-state index contributed by atoms with van der Waals surface area (Å²) in [6, 6.07) is 5.78. The smallest absolute Gasteiger partial charge is 0.272 e. The molecule has 0 saturated heterocycles. The van der Waals surface area contributed by atoms with Crippen LogP contribution in [0.15, 0.2) is 18.2 Å². The zero-order valence-electron chi connectivity index (χ0n) is 13.1. The van der Waals surface area contributed by atoms with Gasteiger partial charge in [0.05, 0.1) is 6.61 Å². The van der Waals surface area contributed by atoms with Crippen molar-refractivity contribution in [3.63, 3.8) is 0 Å². The van der Waals surface area contributed by atoms with Gasteiger partial charge in [-0.2, -0.15) is 0 Å². The Morgan fingerprint density at radius 1 is 1.52 bits per heavy atom. The number of rotatable bonds is 8. The average Bonchev–Trinajstić information content (AvgIpc) is 3.32. The first-order chi connectivity index (χ1) is 10.2. The summed E-state index contributed by atoms with van der Waals surface area (Å²) in [6.45, 7) is 6.09.